The van der Waals surface area contributed by atoms with Gasteiger partial charge in [-0.05, 0) is 43.7 Å². The monoisotopic (exact) mass is 460 g/mol. The molecule has 0 bridgehead atoms. The van der Waals surface area contributed by atoms with E-state index in [1.807, 2.05) is 13.8 Å². The summed E-state index contributed by atoms with van der Waals surface area (Å²) in [5.74, 6) is 0.454. The van der Waals surface area contributed by atoms with Crippen molar-refractivity contribution in [2.24, 2.45) is 23.2 Å². The van der Waals surface area contributed by atoms with Crippen LogP contribution in [0.4, 0.5) is 5.13 Å². The minimum Gasteiger partial charge on any atom is -0.461 e. The van der Waals surface area contributed by atoms with E-state index in [0.717, 1.165) is 35.4 Å². The van der Waals surface area contributed by atoms with E-state index in [1.54, 1.807) is 24.3 Å². The zero-order valence-corrected chi connectivity index (χ0v) is 19.8. The SMILES string of the molecule is Cc1ccc(S(=O)(=O)Nc2nc3c(s2)C[C@@]2(C)CC[C@H]4[C@H](OC(=O)[C@H]4C)[C@H]2[C@@H]3C)cc1. The lowest BCUT2D eigenvalue weighted by atomic mass is 9.54. The van der Waals surface area contributed by atoms with E-state index >= 15 is 0 Å². The molecule has 1 aliphatic heterocycles. The molecule has 0 radical (unpaired) electrons. The number of carbonyl (C=O) groups is 1. The van der Waals surface area contributed by atoms with E-state index in [1.165, 1.54) is 11.3 Å². The fraction of sp³-hybridized carbons (Fsp3) is 0.565. The highest BCUT2D eigenvalue weighted by Crippen LogP contribution is 2.59. The van der Waals surface area contributed by atoms with Crippen molar-refractivity contribution in [3.05, 3.63) is 40.4 Å². The van der Waals surface area contributed by atoms with Crippen LogP contribution in [-0.4, -0.2) is 25.5 Å². The predicted molar refractivity (Wildman–Crippen MR) is 120 cm³/mol. The topological polar surface area (TPSA) is 85.4 Å². The van der Waals surface area contributed by atoms with Crippen LogP contribution in [0.1, 0.15) is 55.7 Å². The van der Waals surface area contributed by atoms with Gasteiger partial charge < -0.3 is 4.74 Å². The maximum atomic E-state index is 12.8. The van der Waals surface area contributed by atoms with Crippen LogP contribution in [0, 0.1) is 30.1 Å². The molecule has 1 N–H and O–H groups in total. The molecule has 6 atom stereocenters. The number of anilines is 1. The fourth-order valence-electron chi connectivity index (χ4n) is 6.01. The number of nitrogens with one attached hydrogen (secondary N) is 1. The van der Waals surface area contributed by atoms with Gasteiger partial charge >= 0.3 is 5.97 Å². The Morgan fingerprint density at radius 3 is 2.61 bits per heavy atom. The first-order valence-corrected chi connectivity index (χ1v) is 13.2. The van der Waals surface area contributed by atoms with Crippen molar-refractivity contribution in [1.29, 1.82) is 0 Å². The lowest BCUT2D eigenvalue weighted by Crippen LogP contribution is -2.50. The molecule has 0 amide bonds. The van der Waals surface area contributed by atoms with Gasteiger partial charge in [-0.25, -0.2) is 13.4 Å². The van der Waals surface area contributed by atoms with E-state index in [9.17, 15) is 13.2 Å². The second-order valence-corrected chi connectivity index (χ2v) is 12.5. The molecular weight excluding hydrogens is 432 g/mol. The maximum Gasteiger partial charge on any atom is 0.309 e. The highest BCUT2D eigenvalue weighted by molar-refractivity contribution is 7.93. The normalized spacial score (nSPS) is 34.5. The number of esters is 1. The first-order chi connectivity index (χ1) is 14.6. The predicted octanol–water partition coefficient (Wildman–Crippen LogP) is 4.51. The molecule has 1 saturated heterocycles. The van der Waals surface area contributed by atoms with E-state index < -0.39 is 10.0 Å². The molecule has 31 heavy (non-hydrogen) atoms. The van der Waals surface area contributed by atoms with Gasteiger partial charge in [0, 0.05) is 22.6 Å². The second-order valence-electron chi connectivity index (χ2n) is 9.78. The summed E-state index contributed by atoms with van der Waals surface area (Å²) in [6, 6.07) is 6.79. The summed E-state index contributed by atoms with van der Waals surface area (Å²) >= 11 is 1.44. The van der Waals surface area contributed by atoms with Gasteiger partial charge in [0.2, 0.25) is 0 Å². The van der Waals surface area contributed by atoms with Crippen LogP contribution >= 0.6 is 11.3 Å². The summed E-state index contributed by atoms with van der Waals surface area (Å²) in [6.07, 6.45) is 2.82. The lowest BCUT2D eigenvalue weighted by Gasteiger charge is -2.51. The zero-order valence-electron chi connectivity index (χ0n) is 18.2. The van der Waals surface area contributed by atoms with Crippen LogP contribution in [0.3, 0.4) is 0 Å². The number of nitrogens with zero attached hydrogens (tertiary/aromatic N) is 1. The molecule has 1 aromatic carbocycles. The number of hydrogen-bond donors (Lipinski definition) is 1. The van der Waals surface area contributed by atoms with Crippen LogP contribution in [0.25, 0.3) is 0 Å². The summed E-state index contributed by atoms with van der Waals surface area (Å²) in [7, 11) is -3.69. The molecule has 2 heterocycles. The molecule has 2 fully saturated rings. The molecular formula is C23H28N2O4S2. The molecule has 1 aromatic heterocycles. The van der Waals surface area contributed by atoms with Gasteiger partial charge in [-0.2, -0.15) is 0 Å². The maximum absolute atomic E-state index is 12.8. The second kappa shape index (κ2) is 7.04. The van der Waals surface area contributed by atoms with E-state index in [0.29, 0.717) is 5.13 Å². The van der Waals surface area contributed by atoms with Gasteiger partial charge in [-0.3, -0.25) is 9.52 Å². The van der Waals surface area contributed by atoms with Crippen molar-refractivity contribution in [2.75, 3.05) is 4.72 Å². The van der Waals surface area contributed by atoms with Gasteiger partial charge in [-0.1, -0.05) is 38.5 Å². The molecule has 6 nitrogen and oxygen atoms in total. The summed E-state index contributed by atoms with van der Waals surface area (Å²) in [4.78, 5) is 18.4. The number of hydrogen-bond acceptors (Lipinski definition) is 6. The summed E-state index contributed by atoms with van der Waals surface area (Å²) in [6.45, 7) is 8.35. The molecule has 0 spiro atoms. The van der Waals surface area contributed by atoms with Crippen molar-refractivity contribution in [3.63, 3.8) is 0 Å². The number of rotatable bonds is 3. The van der Waals surface area contributed by atoms with Crippen molar-refractivity contribution >= 4 is 32.5 Å². The quantitative estimate of drug-likeness (QED) is 0.682. The number of aryl methyl sites for hydroxylation is 1. The minimum absolute atomic E-state index is 0.0254. The highest BCUT2D eigenvalue weighted by atomic mass is 32.2. The molecule has 166 valence electrons. The van der Waals surface area contributed by atoms with E-state index in [2.05, 4.69) is 18.6 Å². The fourth-order valence-corrected chi connectivity index (χ4v) is 8.51. The van der Waals surface area contributed by atoms with Gasteiger partial charge in [0.25, 0.3) is 10.0 Å². The summed E-state index contributed by atoms with van der Waals surface area (Å²) in [5, 5.41) is 0.410. The highest BCUT2D eigenvalue weighted by Gasteiger charge is 2.58. The van der Waals surface area contributed by atoms with E-state index in [4.69, 9.17) is 9.72 Å². The molecule has 1 saturated carbocycles. The van der Waals surface area contributed by atoms with Gasteiger partial charge in [0.1, 0.15) is 6.10 Å². The Kier molecular flexibility index (Phi) is 4.75. The Morgan fingerprint density at radius 2 is 1.90 bits per heavy atom. The number of fused-ring (bicyclic) bond motifs is 4. The van der Waals surface area contributed by atoms with Crippen molar-refractivity contribution < 1.29 is 17.9 Å². The Balaban J connectivity index is 1.45. The summed E-state index contributed by atoms with van der Waals surface area (Å²) in [5.41, 5.74) is 1.98. The third kappa shape index (κ3) is 3.30. The van der Waals surface area contributed by atoms with Gasteiger partial charge in [0.05, 0.1) is 16.5 Å². The van der Waals surface area contributed by atoms with Crippen LogP contribution in [0.15, 0.2) is 29.2 Å². The van der Waals surface area contributed by atoms with E-state index in [-0.39, 0.29) is 46.1 Å². The lowest BCUT2D eigenvalue weighted by molar-refractivity contribution is -0.149. The Labute approximate surface area is 187 Å². The first-order valence-electron chi connectivity index (χ1n) is 10.9. The van der Waals surface area contributed by atoms with Crippen LogP contribution in [0.2, 0.25) is 0 Å². The third-order valence-corrected chi connectivity index (χ3v) is 10.2. The number of aromatic nitrogens is 1. The average Bonchev–Trinajstić information content (AvgIpc) is 3.21. The van der Waals surface area contributed by atoms with Crippen LogP contribution in [0.5, 0.6) is 0 Å². The minimum atomic E-state index is -3.69. The first kappa shape index (κ1) is 20.9. The number of carbonyl (C=O) groups excluding carboxylic acids is 1. The van der Waals surface area contributed by atoms with Crippen molar-refractivity contribution in [3.8, 4) is 0 Å². The number of sulfonamides is 1. The van der Waals surface area contributed by atoms with Gasteiger partial charge in [-0.15, -0.1) is 11.3 Å². The van der Waals surface area contributed by atoms with Gasteiger partial charge in [0.15, 0.2) is 5.13 Å². The molecule has 3 aliphatic rings. The number of ether oxygens (including phenoxy) is 1. The molecule has 5 rings (SSSR count). The zero-order chi connectivity index (χ0) is 22.1. The van der Waals surface area contributed by atoms with Crippen molar-refractivity contribution in [1.82, 2.24) is 4.98 Å². The molecule has 0 unspecified atom stereocenters. The average molecular weight is 461 g/mol. The Bertz CT molecular complexity index is 1140. The Morgan fingerprint density at radius 1 is 1.19 bits per heavy atom. The third-order valence-electron chi connectivity index (χ3n) is 7.71. The summed E-state index contributed by atoms with van der Waals surface area (Å²) < 4.78 is 34.2. The number of thiazole rings is 1. The van der Waals surface area contributed by atoms with Crippen LogP contribution in [-0.2, 0) is 26.0 Å². The molecule has 2 aliphatic carbocycles. The standard InChI is InChI=1S/C23H28N2O4S2/c1-12-5-7-15(8-6-12)31(27,28)25-22-24-19-14(3)18-20-16(13(2)21(26)29-20)9-10-23(18,4)11-17(19)30-22/h5-8,13-14,16,18,20H,9-11H2,1-4H3,(H,24,25)/t13-,14-,16+,18+,20-,23+/m0/s1. The molecule has 2 aromatic rings. The Hall–Kier alpha value is -1.93. The largest absolute Gasteiger partial charge is 0.461 e. The molecule has 8 heteroatoms. The number of benzene rings is 1. The smallest absolute Gasteiger partial charge is 0.309 e. The van der Waals surface area contributed by atoms with Crippen LogP contribution < -0.4 is 4.72 Å². The van der Waals surface area contributed by atoms with Crippen molar-refractivity contribution in [2.45, 2.75) is 63.9 Å².